The number of aryl methyl sites for hydroxylation is 2. The summed E-state index contributed by atoms with van der Waals surface area (Å²) in [4.78, 5) is 0. The average molecular weight is 477 g/mol. The minimum Gasteiger partial charge on any atom is -0.0989 e. The molecule has 3 unspecified atom stereocenters. The van der Waals surface area contributed by atoms with Gasteiger partial charge >= 0.3 is 0 Å². The van der Waals surface area contributed by atoms with E-state index in [1.54, 1.807) is 11.1 Å². The van der Waals surface area contributed by atoms with Gasteiger partial charge in [-0.25, -0.2) is 0 Å². The molecule has 0 bridgehead atoms. The van der Waals surface area contributed by atoms with Gasteiger partial charge in [0.1, 0.15) is 0 Å². The second-order valence-electron chi connectivity index (χ2n) is 13.7. The van der Waals surface area contributed by atoms with Crippen molar-refractivity contribution in [3.63, 3.8) is 0 Å². The first-order chi connectivity index (χ1) is 17.1. The lowest BCUT2D eigenvalue weighted by molar-refractivity contribution is 0.416. The van der Waals surface area contributed by atoms with Crippen molar-refractivity contribution in [2.75, 3.05) is 0 Å². The summed E-state index contributed by atoms with van der Waals surface area (Å²) in [6.07, 6.45) is 8.64. The standard InChI is InChI=1S/C36H44/c1-20-12-22(3)28(14-20)19-30-23(4)13-21(2)15-33(30)29-11-9-10-27-16-26(18-32(27)29)17-31-24(5)34-35(25(31)6)36(34,7)8/h9-11,13,15-16,20,22,28,31,34-35H,5-6,12,14,17-19H2,1-4,7-8H3/t20?,22-,28-,31?,34?,35?/m0/s1. The van der Waals surface area contributed by atoms with Gasteiger partial charge in [0.05, 0.1) is 0 Å². The molecule has 0 aromatic heterocycles. The maximum Gasteiger partial charge on any atom is 0.00454 e. The van der Waals surface area contributed by atoms with E-state index in [1.165, 1.54) is 63.8 Å². The van der Waals surface area contributed by atoms with Gasteiger partial charge in [-0.1, -0.05) is 99.5 Å². The molecular weight excluding hydrogens is 432 g/mol. The quantitative estimate of drug-likeness (QED) is 0.377. The van der Waals surface area contributed by atoms with Crippen LogP contribution in [0.15, 0.2) is 60.2 Å². The Balaban J connectivity index is 1.29. The van der Waals surface area contributed by atoms with E-state index in [-0.39, 0.29) is 0 Å². The number of rotatable bonds is 5. The van der Waals surface area contributed by atoms with Crippen LogP contribution in [0.4, 0.5) is 0 Å². The van der Waals surface area contributed by atoms with Crippen LogP contribution in [-0.2, 0) is 12.8 Å². The van der Waals surface area contributed by atoms with Crippen molar-refractivity contribution in [2.24, 2.45) is 40.9 Å². The van der Waals surface area contributed by atoms with Crippen LogP contribution in [0, 0.1) is 54.8 Å². The fourth-order valence-corrected chi connectivity index (χ4v) is 8.76. The number of allylic oxidation sites excluding steroid dienone is 3. The molecule has 0 spiro atoms. The van der Waals surface area contributed by atoms with Gasteiger partial charge in [0.2, 0.25) is 0 Å². The van der Waals surface area contributed by atoms with Gasteiger partial charge in [0, 0.05) is 5.92 Å². The van der Waals surface area contributed by atoms with Crippen molar-refractivity contribution < 1.29 is 0 Å². The van der Waals surface area contributed by atoms with E-state index in [9.17, 15) is 0 Å². The van der Waals surface area contributed by atoms with Crippen LogP contribution in [0.25, 0.3) is 17.2 Å². The SMILES string of the molecule is C=C1C(CC2=Cc3cccc(-c4cc(C)cc(C)c4C[C@@H]4CC(C)C[C@@H]4C)c3C2)C(=C)C2C1C2(C)C. The minimum absolute atomic E-state index is 0.388. The number of hydrogen-bond donors (Lipinski definition) is 0. The van der Waals surface area contributed by atoms with Gasteiger partial charge in [-0.15, -0.1) is 0 Å². The van der Waals surface area contributed by atoms with Crippen molar-refractivity contribution in [3.05, 3.63) is 88.0 Å². The molecule has 2 aromatic rings. The van der Waals surface area contributed by atoms with Crippen LogP contribution in [0.5, 0.6) is 0 Å². The largest absolute Gasteiger partial charge is 0.0989 e. The van der Waals surface area contributed by atoms with Crippen molar-refractivity contribution >= 4 is 6.08 Å². The molecule has 0 radical (unpaired) electrons. The molecule has 5 atom stereocenters. The first-order valence-corrected chi connectivity index (χ1v) is 14.4. The van der Waals surface area contributed by atoms with E-state index >= 15 is 0 Å². The molecule has 3 saturated carbocycles. The van der Waals surface area contributed by atoms with Crippen LogP contribution in [0.1, 0.15) is 74.8 Å². The Morgan fingerprint density at radius 1 is 0.917 bits per heavy atom. The Labute approximate surface area is 219 Å². The van der Waals surface area contributed by atoms with E-state index in [0.717, 1.165) is 30.6 Å². The van der Waals surface area contributed by atoms with Crippen LogP contribution in [-0.4, -0.2) is 0 Å². The molecule has 6 rings (SSSR count). The zero-order chi connectivity index (χ0) is 25.5. The maximum atomic E-state index is 4.56. The molecule has 4 aliphatic carbocycles. The minimum atomic E-state index is 0.388. The highest BCUT2D eigenvalue weighted by molar-refractivity contribution is 5.80. The smallest absolute Gasteiger partial charge is 0.00454 e. The van der Waals surface area contributed by atoms with Crippen molar-refractivity contribution in [2.45, 2.75) is 73.6 Å². The Bertz CT molecular complexity index is 1270. The zero-order valence-electron chi connectivity index (χ0n) is 23.4. The molecule has 0 aliphatic heterocycles. The third-order valence-corrected chi connectivity index (χ3v) is 10.6. The van der Waals surface area contributed by atoms with E-state index in [2.05, 4.69) is 91.1 Å². The number of hydrogen-bond acceptors (Lipinski definition) is 0. The topological polar surface area (TPSA) is 0 Å². The Hall–Kier alpha value is -2.34. The van der Waals surface area contributed by atoms with E-state index in [1.807, 2.05) is 0 Å². The number of benzene rings is 2. The molecule has 4 aliphatic rings. The summed E-state index contributed by atoms with van der Waals surface area (Å²) >= 11 is 0. The van der Waals surface area contributed by atoms with Crippen molar-refractivity contribution in [1.82, 2.24) is 0 Å². The lowest BCUT2D eigenvalue weighted by Crippen LogP contribution is -2.11. The first kappa shape index (κ1) is 24.0. The normalized spacial score (nSPS) is 32.0. The fourth-order valence-electron chi connectivity index (χ4n) is 8.76. The Kier molecular flexibility index (Phi) is 5.56. The number of fused-ring (bicyclic) bond motifs is 2. The fraction of sp³-hybridized carbons (Fsp3) is 0.500. The highest BCUT2D eigenvalue weighted by atomic mass is 14.7. The van der Waals surface area contributed by atoms with Gasteiger partial charge in [-0.05, 0) is 114 Å². The highest BCUT2D eigenvalue weighted by Crippen LogP contribution is 2.72. The van der Waals surface area contributed by atoms with Crippen molar-refractivity contribution in [1.29, 1.82) is 0 Å². The summed E-state index contributed by atoms with van der Waals surface area (Å²) in [5, 5.41) is 0. The van der Waals surface area contributed by atoms with Crippen molar-refractivity contribution in [3.8, 4) is 11.1 Å². The summed E-state index contributed by atoms with van der Waals surface area (Å²) in [6.45, 7) is 23.4. The molecule has 0 N–H and O–H groups in total. The lowest BCUT2D eigenvalue weighted by Gasteiger charge is -2.23. The summed E-state index contributed by atoms with van der Waals surface area (Å²) in [7, 11) is 0. The van der Waals surface area contributed by atoms with E-state index in [4.69, 9.17) is 0 Å². The second kappa shape index (κ2) is 8.34. The van der Waals surface area contributed by atoms with Gasteiger partial charge < -0.3 is 0 Å². The predicted octanol–water partition coefficient (Wildman–Crippen LogP) is 9.54. The molecule has 36 heavy (non-hydrogen) atoms. The predicted molar refractivity (Wildman–Crippen MR) is 155 cm³/mol. The van der Waals surface area contributed by atoms with Gasteiger partial charge in [-0.3, -0.25) is 0 Å². The third kappa shape index (κ3) is 3.70. The summed E-state index contributed by atoms with van der Waals surface area (Å²) in [5.74, 6) is 4.29. The molecule has 188 valence electrons. The van der Waals surface area contributed by atoms with Crippen LogP contribution in [0.3, 0.4) is 0 Å². The van der Waals surface area contributed by atoms with Gasteiger partial charge in [0.15, 0.2) is 0 Å². The monoisotopic (exact) mass is 476 g/mol. The molecule has 0 saturated heterocycles. The lowest BCUT2D eigenvalue weighted by atomic mass is 9.81. The summed E-state index contributed by atoms with van der Waals surface area (Å²) in [6, 6.07) is 11.9. The van der Waals surface area contributed by atoms with Crippen LogP contribution >= 0.6 is 0 Å². The maximum absolute atomic E-state index is 4.56. The highest BCUT2D eigenvalue weighted by Gasteiger charge is 2.65. The first-order valence-electron chi connectivity index (χ1n) is 14.4. The van der Waals surface area contributed by atoms with Crippen LogP contribution in [0.2, 0.25) is 0 Å². The second-order valence-corrected chi connectivity index (χ2v) is 13.7. The molecule has 2 aromatic carbocycles. The zero-order valence-corrected chi connectivity index (χ0v) is 23.4. The van der Waals surface area contributed by atoms with Gasteiger partial charge in [0.25, 0.3) is 0 Å². The third-order valence-electron chi connectivity index (χ3n) is 10.6. The Morgan fingerprint density at radius 3 is 2.31 bits per heavy atom. The average Bonchev–Trinajstić information content (AvgIpc) is 3.10. The molecule has 3 fully saturated rings. The summed E-state index contributed by atoms with van der Waals surface area (Å²) < 4.78 is 0. The van der Waals surface area contributed by atoms with E-state index in [0.29, 0.717) is 23.2 Å². The summed E-state index contributed by atoms with van der Waals surface area (Å²) in [5.41, 5.74) is 15.2. The molecule has 0 nitrogen and oxygen atoms in total. The Morgan fingerprint density at radius 2 is 1.64 bits per heavy atom. The van der Waals surface area contributed by atoms with Crippen LogP contribution < -0.4 is 0 Å². The molecule has 0 amide bonds. The molecule has 0 heteroatoms. The molecule has 0 heterocycles. The van der Waals surface area contributed by atoms with Gasteiger partial charge in [-0.2, -0.15) is 0 Å². The molecular formula is C36H44. The van der Waals surface area contributed by atoms with E-state index < -0.39 is 0 Å².